The first-order valence-electron chi connectivity index (χ1n) is 11.3. The predicted octanol–water partition coefficient (Wildman–Crippen LogP) is 5.85. The number of amides is 1. The van der Waals surface area contributed by atoms with E-state index in [1.807, 2.05) is 24.3 Å². The maximum absolute atomic E-state index is 14.9. The van der Waals surface area contributed by atoms with E-state index < -0.39 is 41.8 Å². The molecule has 0 spiro atoms. The number of carbonyl (C=O) groups excluding carboxylic acids is 2. The highest BCUT2D eigenvalue weighted by atomic mass is 19.4. The number of nitrogens with zero attached hydrogens (tertiary/aromatic N) is 1. The number of rotatable bonds is 5. The van der Waals surface area contributed by atoms with Crippen molar-refractivity contribution in [3.63, 3.8) is 0 Å². The molecule has 1 amide bonds. The summed E-state index contributed by atoms with van der Waals surface area (Å²) in [6.45, 7) is -0.214. The van der Waals surface area contributed by atoms with Gasteiger partial charge in [-0.05, 0) is 52.1 Å². The van der Waals surface area contributed by atoms with Gasteiger partial charge in [-0.15, -0.1) is 0 Å². The number of esters is 1. The molecule has 3 aromatic carbocycles. The monoisotopic (exact) mass is 499 g/mol. The van der Waals surface area contributed by atoms with Crippen LogP contribution in [0.4, 0.5) is 22.4 Å². The van der Waals surface area contributed by atoms with Crippen LogP contribution in [0.5, 0.6) is 0 Å². The van der Waals surface area contributed by atoms with Gasteiger partial charge in [0.05, 0.1) is 31.7 Å². The second-order valence-electron chi connectivity index (χ2n) is 8.83. The summed E-state index contributed by atoms with van der Waals surface area (Å²) in [7, 11) is 1.23. The molecule has 2 aliphatic rings. The van der Waals surface area contributed by atoms with Gasteiger partial charge in [0.1, 0.15) is 11.9 Å². The summed E-state index contributed by atoms with van der Waals surface area (Å²) in [5.41, 5.74) is 1.74. The van der Waals surface area contributed by atoms with Crippen LogP contribution in [-0.4, -0.2) is 30.2 Å². The first-order chi connectivity index (χ1) is 17.2. The van der Waals surface area contributed by atoms with Crippen LogP contribution in [0, 0.1) is 5.82 Å². The summed E-state index contributed by atoms with van der Waals surface area (Å²) < 4.78 is 65.9. The molecule has 36 heavy (non-hydrogen) atoms. The lowest BCUT2D eigenvalue weighted by Crippen LogP contribution is -2.28. The van der Waals surface area contributed by atoms with Crippen LogP contribution in [-0.2, 0) is 39.8 Å². The maximum Gasteiger partial charge on any atom is 0.416 e. The standard InChI is InChI=1S/C27H21F4NO4/c1-35-24(33)11-15-6-9-22(28)21(10-15)19-8-7-18(27(29,30)31)12-17(19)14-32-25-20-5-3-2-4-16(20)13-23(25)36-26(32)34/h2-10,12,23,25H,11,13-14H2,1H3/t23-,25+/m1/s1. The van der Waals surface area contributed by atoms with Crippen molar-refractivity contribution in [2.45, 2.75) is 37.7 Å². The minimum atomic E-state index is -4.63. The van der Waals surface area contributed by atoms with Gasteiger partial charge in [0.2, 0.25) is 0 Å². The molecule has 2 atom stereocenters. The molecular weight excluding hydrogens is 478 g/mol. The minimum absolute atomic E-state index is 0.0241. The molecule has 0 aromatic heterocycles. The Hall–Kier alpha value is -3.88. The number of benzene rings is 3. The van der Waals surface area contributed by atoms with E-state index in [0.29, 0.717) is 12.0 Å². The molecule has 0 N–H and O–H groups in total. The average Bonchev–Trinajstić information content (AvgIpc) is 3.34. The fourth-order valence-corrected chi connectivity index (χ4v) is 4.96. The number of halogens is 4. The van der Waals surface area contributed by atoms with Gasteiger partial charge in [-0.25, -0.2) is 9.18 Å². The third kappa shape index (κ3) is 4.29. The molecule has 9 heteroatoms. The van der Waals surface area contributed by atoms with Crippen molar-refractivity contribution in [3.05, 3.63) is 94.3 Å². The Kier molecular flexibility index (Phi) is 5.94. The SMILES string of the molecule is COC(=O)Cc1ccc(F)c(-c2ccc(C(F)(F)F)cc2CN2C(=O)O[C@@H]3Cc4ccccc4[C@@H]32)c1. The molecule has 1 heterocycles. The number of hydrogen-bond acceptors (Lipinski definition) is 4. The van der Waals surface area contributed by atoms with Crippen molar-refractivity contribution in [2.24, 2.45) is 0 Å². The molecule has 1 aliphatic heterocycles. The molecule has 5 rings (SSSR count). The predicted molar refractivity (Wildman–Crippen MR) is 121 cm³/mol. The second kappa shape index (κ2) is 8.96. The Morgan fingerprint density at radius 1 is 1.08 bits per heavy atom. The number of methoxy groups -OCH3 is 1. The van der Waals surface area contributed by atoms with Gasteiger partial charge in [0.25, 0.3) is 0 Å². The van der Waals surface area contributed by atoms with E-state index in [1.54, 1.807) is 0 Å². The van der Waals surface area contributed by atoms with E-state index in [0.717, 1.165) is 29.3 Å². The molecule has 5 nitrogen and oxygen atoms in total. The van der Waals surface area contributed by atoms with Gasteiger partial charge in [0, 0.05) is 12.0 Å². The lowest BCUT2D eigenvalue weighted by Gasteiger charge is -2.24. The molecule has 0 saturated carbocycles. The van der Waals surface area contributed by atoms with Gasteiger partial charge >= 0.3 is 18.2 Å². The first-order valence-corrected chi connectivity index (χ1v) is 11.3. The zero-order valence-electron chi connectivity index (χ0n) is 19.1. The van der Waals surface area contributed by atoms with Gasteiger partial charge in [0.15, 0.2) is 0 Å². The highest BCUT2D eigenvalue weighted by molar-refractivity contribution is 5.76. The Morgan fingerprint density at radius 3 is 2.61 bits per heavy atom. The Bertz CT molecular complexity index is 1350. The van der Waals surface area contributed by atoms with Crippen LogP contribution >= 0.6 is 0 Å². The van der Waals surface area contributed by atoms with E-state index in [4.69, 9.17) is 4.74 Å². The third-order valence-corrected chi connectivity index (χ3v) is 6.64. The molecule has 0 bridgehead atoms. The zero-order chi connectivity index (χ0) is 25.6. The minimum Gasteiger partial charge on any atom is -0.469 e. The van der Waals surface area contributed by atoms with Crippen molar-refractivity contribution in [3.8, 4) is 11.1 Å². The molecule has 0 radical (unpaired) electrons. The van der Waals surface area contributed by atoms with E-state index in [-0.39, 0.29) is 29.7 Å². The Balaban J connectivity index is 1.58. The largest absolute Gasteiger partial charge is 0.469 e. The van der Waals surface area contributed by atoms with Crippen LogP contribution < -0.4 is 0 Å². The number of hydrogen-bond donors (Lipinski definition) is 0. The van der Waals surface area contributed by atoms with Crippen LogP contribution in [0.2, 0.25) is 0 Å². The fraction of sp³-hybridized carbons (Fsp3) is 0.259. The van der Waals surface area contributed by atoms with E-state index in [1.165, 1.54) is 30.2 Å². The lowest BCUT2D eigenvalue weighted by molar-refractivity contribution is -0.140. The van der Waals surface area contributed by atoms with Gasteiger partial charge in [-0.1, -0.05) is 36.4 Å². The molecule has 1 saturated heterocycles. The van der Waals surface area contributed by atoms with Crippen molar-refractivity contribution in [1.82, 2.24) is 4.90 Å². The lowest BCUT2D eigenvalue weighted by atomic mass is 9.94. The number of ether oxygens (including phenoxy) is 2. The quantitative estimate of drug-likeness (QED) is 0.327. The number of alkyl halides is 3. The fourth-order valence-electron chi connectivity index (χ4n) is 4.96. The summed E-state index contributed by atoms with van der Waals surface area (Å²) in [5.74, 6) is -1.20. The van der Waals surface area contributed by atoms with Gasteiger partial charge < -0.3 is 9.47 Å². The Morgan fingerprint density at radius 2 is 1.86 bits per heavy atom. The van der Waals surface area contributed by atoms with Crippen LogP contribution in [0.1, 0.15) is 33.9 Å². The van der Waals surface area contributed by atoms with Crippen LogP contribution in [0.3, 0.4) is 0 Å². The summed E-state index contributed by atoms with van der Waals surface area (Å²) in [4.78, 5) is 25.9. The first kappa shape index (κ1) is 23.8. The van der Waals surface area contributed by atoms with Crippen molar-refractivity contribution < 1.29 is 36.6 Å². The highest BCUT2D eigenvalue weighted by Gasteiger charge is 2.47. The Labute approximate surface area is 204 Å². The van der Waals surface area contributed by atoms with E-state index in [9.17, 15) is 27.2 Å². The highest BCUT2D eigenvalue weighted by Crippen LogP contribution is 2.44. The molecule has 1 fully saturated rings. The number of carbonyl (C=O) groups is 2. The molecule has 1 aliphatic carbocycles. The summed E-state index contributed by atoms with van der Waals surface area (Å²) in [6.07, 6.45) is -5.32. The van der Waals surface area contributed by atoms with Crippen molar-refractivity contribution >= 4 is 12.1 Å². The van der Waals surface area contributed by atoms with Crippen LogP contribution in [0.25, 0.3) is 11.1 Å². The number of fused-ring (bicyclic) bond motifs is 3. The van der Waals surface area contributed by atoms with E-state index in [2.05, 4.69) is 4.74 Å². The van der Waals surface area contributed by atoms with E-state index >= 15 is 0 Å². The maximum atomic E-state index is 14.9. The van der Waals surface area contributed by atoms with Crippen molar-refractivity contribution in [1.29, 1.82) is 0 Å². The average molecular weight is 499 g/mol. The normalized spacial score (nSPS) is 18.6. The zero-order valence-corrected chi connectivity index (χ0v) is 19.1. The van der Waals surface area contributed by atoms with Crippen molar-refractivity contribution in [2.75, 3.05) is 7.11 Å². The summed E-state index contributed by atoms with van der Waals surface area (Å²) in [5, 5.41) is 0. The third-order valence-electron chi connectivity index (χ3n) is 6.64. The molecule has 0 unspecified atom stereocenters. The summed E-state index contributed by atoms with van der Waals surface area (Å²) >= 11 is 0. The second-order valence-corrected chi connectivity index (χ2v) is 8.83. The molecular formula is C27H21F4NO4. The molecule has 186 valence electrons. The topological polar surface area (TPSA) is 55.8 Å². The van der Waals surface area contributed by atoms with Gasteiger partial charge in [-0.3, -0.25) is 9.69 Å². The van der Waals surface area contributed by atoms with Crippen LogP contribution in [0.15, 0.2) is 60.7 Å². The van der Waals surface area contributed by atoms with Gasteiger partial charge in [-0.2, -0.15) is 13.2 Å². The molecule has 3 aromatic rings. The summed E-state index contributed by atoms with van der Waals surface area (Å²) in [6, 6.07) is 14.0. The smallest absolute Gasteiger partial charge is 0.416 e.